The van der Waals surface area contributed by atoms with E-state index in [1.165, 1.54) is 21.5 Å². The monoisotopic (exact) mass is 366 g/mol. The van der Waals surface area contributed by atoms with Gasteiger partial charge in [0.15, 0.2) is 0 Å². The number of nitrogens with zero attached hydrogens (tertiary/aromatic N) is 2. The maximum Gasteiger partial charge on any atom is 0.0998 e. The van der Waals surface area contributed by atoms with Gasteiger partial charge in [0.25, 0.3) is 0 Å². The van der Waals surface area contributed by atoms with Crippen LogP contribution in [-0.4, -0.2) is 13.1 Å². The van der Waals surface area contributed by atoms with Gasteiger partial charge in [0.1, 0.15) is 0 Å². The van der Waals surface area contributed by atoms with E-state index in [1.807, 2.05) is 30.5 Å². The van der Waals surface area contributed by atoms with Crippen molar-refractivity contribution in [1.29, 1.82) is 5.26 Å². The fourth-order valence-electron chi connectivity index (χ4n) is 3.91. The Balaban J connectivity index is 2.05. The van der Waals surface area contributed by atoms with Crippen LogP contribution in [0.3, 0.4) is 0 Å². The Morgan fingerprint density at radius 2 is 1.63 bits per heavy atom. The minimum Gasteiger partial charge on any atom is -0.256 e. The third-order valence-corrected chi connectivity index (χ3v) is 7.33. The van der Waals surface area contributed by atoms with E-state index in [0.29, 0.717) is 5.56 Å². The Labute approximate surface area is 161 Å². The first-order valence-electron chi connectivity index (χ1n) is 9.21. The summed E-state index contributed by atoms with van der Waals surface area (Å²) in [5.41, 5.74) is 4.00. The summed E-state index contributed by atoms with van der Waals surface area (Å²) in [6.45, 7) is 9.33. The summed E-state index contributed by atoms with van der Waals surface area (Å²) in [5.74, 6) is 0. The Morgan fingerprint density at radius 3 is 2.37 bits per heavy atom. The van der Waals surface area contributed by atoms with Crippen molar-refractivity contribution >= 4 is 34.8 Å². The van der Waals surface area contributed by atoms with Crippen LogP contribution in [0.4, 0.5) is 0 Å². The molecule has 0 bridgehead atoms. The zero-order chi connectivity index (χ0) is 19.2. The van der Waals surface area contributed by atoms with Crippen molar-refractivity contribution in [2.45, 2.75) is 26.6 Å². The second-order valence-electron chi connectivity index (χ2n) is 8.15. The molecule has 0 saturated heterocycles. The predicted octanol–water partition coefficient (Wildman–Crippen LogP) is 5.78. The van der Waals surface area contributed by atoms with E-state index in [0.717, 1.165) is 22.0 Å². The Hall–Kier alpha value is -2.96. The van der Waals surface area contributed by atoms with E-state index in [-0.39, 0.29) is 0 Å². The molecule has 0 aliphatic carbocycles. The number of rotatable bonds is 2. The Morgan fingerprint density at radius 1 is 0.889 bits per heavy atom. The van der Waals surface area contributed by atoms with Crippen LogP contribution >= 0.6 is 0 Å². The molecule has 0 saturated carbocycles. The summed E-state index contributed by atoms with van der Waals surface area (Å²) in [6.07, 6.45) is 1.87. The molecular weight excluding hydrogens is 344 g/mol. The molecule has 0 atom stereocenters. The van der Waals surface area contributed by atoms with Gasteiger partial charge in [0, 0.05) is 17.1 Å². The molecule has 132 valence electrons. The van der Waals surface area contributed by atoms with Gasteiger partial charge in [-0.15, -0.1) is 0 Å². The maximum atomic E-state index is 9.64. The van der Waals surface area contributed by atoms with Crippen LogP contribution in [0.25, 0.3) is 32.8 Å². The average molecular weight is 367 g/mol. The molecule has 3 aromatic carbocycles. The molecule has 0 spiro atoms. The van der Waals surface area contributed by atoms with Crippen LogP contribution in [0.5, 0.6) is 0 Å². The van der Waals surface area contributed by atoms with Crippen molar-refractivity contribution in [3.8, 4) is 17.3 Å². The molecule has 0 amide bonds. The minimum atomic E-state index is -1.46. The van der Waals surface area contributed by atoms with Gasteiger partial charge >= 0.3 is 0 Å². The van der Waals surface area contributed by atoms with Crippen molar-refractivity contribution in [1.82, 2.24) is 4.98 Å². The Bertz CT molecular complexity index is 1230. The molecule has 0 aliphatic heterocycles. The van der Waals surface area contributed by atoms with Crippen molar-refractivity contribution in [3.63, 3.8) is 0 Å². The highest BCUT2D eigenvalue weighted by molar-refractivity contribution is 6.89. The van der Waals surface area contributed by atoms with Gasteiger partial charge in [-0.25, -0.2) is 0 Å². The number of benzene rings is 3. The van der Waals surface area contributed by atoms with E-state index in [2.05, 4.69) is 63.0 Å². The lowest BCUT2D eigenvalue weighted by Crippen LogP contribution is -2.39. The van der Waals surface area contributed by atoms with Crippen LogP contribution in [-0.2, 0) is 0 Å². The molecule has 2 nitrogen and oxygen atoms in total. The van der Waals surface area contributed by atoms with Crippen LogP contribution in [0.1, 0.15) is 11.1 Å². The van der Waals surface area contributed by atoms with E-state index in [4.69, 9.17) is 4.98 Å². The summed E-state index contributed by atoms with van der Waals surface area (Å²) in [7, 11) is -1.46. The van der Waals surface area contributed by atoms with Gasteiger partial charge in [-0.3, -0.25) is 4.98 Å². The summed E-state index contributed by atoms with van der Waals surface area (Å²) in [4.78, 5) is 4.72. The van der Waals surface area contributed by atoms with Crippen LogP contribution in [0, 0.1) is 18.3 Å². The highest BCUT2D eigenvalue weighted by atomic mass is 28.3. The summed E-state index contributed by atoms with van der Waals surface area (Å²) < 4.78 is 0. The SMILES string of the molecule is Cc1cc2ccnc(-c3cc(C#N)c4ccccc4c3)c2cc1[Si](C)(C)C. The summed E-state index contributed by atoms with van der Waals surface area (Å²) in [5, 5.41) is 15.5. The molecule has 4 aromatic rings. The number of hydrogen-bond acceptors (Lipinski definition) is 2. The van der Waals surface area contributed by atoms with Gasteiger partial charge in [-0.05, 0) is 41.3 Å². The number of hydrogen-bond donors (Lipinski definition) is 0. The van der Waals surface area contributed by atoms with Gasteiger partial charge < -0.3 is 0 Å². The molecule has 27 heavy (non-hydrogen) atoms. The molecule has 1 aromatic heterocycles. The fourth-order valence-corrected chi connectivity index (χ4v) is 5.75. The minimum absolute atomic E-state index is 0.694. The van der Waals surface area contributed by atoms with Crippen molar-refractivity contribution in [2.24, 2.45) is 0 Å². The largest absolute Gasteiger partial charge is 0.256 e. The smallest absolute Gasteiger partial charge is 0.0998 e. The first-order valence-corrected chi connectivity index (χ1v) is 12.7. The van der Waals surface area contributed by atoms with E-state index in [1.54, 1.807) is 0 Å². The van der Waals surface area contributed by atoms with Gasteiger partial charge in [0.2, 0.25) is 0 Å². The molecule has 0 unspecified atom stereocenters. The molecule has 3 heteroatoms. The van der Waals surface area contributed by atoms with E-state index >= 15 is 0 Å². The highest BCUT2D eigenvalue weighted by Crippen LogP contribution is 2.31. The number of aryl methyl sites for hydroxylation is 1. The van der Waals surface area contributed by atoms with Crippen LogP contribution in [0.2, 0.25) is 19.6 Å². The summed E-state index contributed by atoms with van der Waals surface area (Å²) >= 11 is 0. The maximum absolute atomic E-state index is 9.64. The third-order valence-electron chi connectivity index (χ3n) is 5.17. The number of nitriles is 1. The zero-order valence-corrected chi connectivity index (χ0v) is 17.2. The molecule has 0 fully saturated rings. The van der Waals surface area contributed by atoms with Gasteiger partial charge in [-0.1, -0.05) is 66.8 Å². The molecule has 1 heterocycles. The molecular formula is C24H22N2Si. The van der Waals surface area contributed by atoms with Crippen molar-refractivity contribution < 1.29 is 0 Å². The number of fused-ring (bicyclic) bond motifs is 2. The summed E-state index contributed by atoms with van der Waals surface area (Å²) in [6, 6.07) is 21.2. The lowest BCUT2D eigenvalue weighted by atomic mass is 9.97. The Kier molecular flexibility index (Phi) is 4.09. The lowest BCUT2D eigenvalue weighted by Gasteiger charge is -2.21. The lowest BCUT2D eigenvalue weighted by molar-refractivity contribution is 1.35. The topological polar surface area (TPSA) is 36.7 Å². The fraction of sp³-hybridized carbons (Fsp3) is 0.167. The van der Waals surface area contributed by atoms with Crippen LogP contribution < -0.4 is 5.19 Å². The quantitative estimate of drug-likeness (QED) is 0.422. The average Bonchev–Trinajstić information content (AvgIpc) is 2.65. The predicted molar refractivity (Wildman–Crippen MR) is 117 cm³/mol. The number of aromatic nitrogens is 1. The van der Waals surface area contributed by atoms with Crippen LogP contribution in [0.15, 0.2) is 60.8 Å². The first-order chi connectivity index (χ1) is 12.9. The second-order valence-corrected chi connectivity index (χ2v) is 13.2. The zero-order valence-electron chi connectivity index (χ0n) is 16.2. The van der Waals surface area contributed by atoms with E-state index in [9.17, 15) is 5.26 Å². The van der Waals surface area contributed by atoms with Crippen molar-refractivity contribution in [2.75, 3.05) is 0 Å². The van der Waals surface area contributed by atoms with Crippen molar-refractivity contribution in [3.05, 3.63) is 71.9 Å². The number of pyridine rings is 1. The van der Waals surface area contributed by atoms with Gasteiger partial charge in [0.05, 0.1) is 25.4 Å². The van der Waals surface area contributed by atoms with E-state index < -0.39 is 8.07 Å². The molecule has 0 N–H and O–H groups in total. The second kappa shape index (κ2) is 6.33. The molecule has 4 rings (SSSR count). The normalized spacial score (nSPS) is 11.7. The first kappa shape index (κ1) is 17.5. The standard InChI is InChI=1S/C24H22N2Si/c1-16-11-18-9-10-26-24(22(18)14-23(16)27(2,3)4)19-12-17-7-5-6-8-21(17)20(13-19)15-25/h5-14H,1-4H3. The highest BCUT2D eigenvalue weighted by Gasteiger charge is 2.20. The molecule has 0 aliphatic rings. The molecule has 0 radical (unpaired) electrons. The third kappa shape index (κ3) is 3.03. The van der Waals surface area contributed by atoms with Gasteiger partial charge in [-0.2, -0.15) is 5.26 Å².